The maximum Gasteiger partial charge on any atom is 0.135 e. The summed E-state index contributed by atoms with van der Waals surface area (Å²) in [5.41, 5.74) is 7.31. The highest BCUT2D eigenvalue weighted by molar-refractivity contribution is 5.98. The number of fused-ring (bicyclic) bond motifs is 1. The van der Waals surface area contributed by atoms with Crippen LogP contribution >= 0.6 is 0 Å². The topological polar surface area (TPSA) is 33.4 Å². The Balaban J connectivity index is 2.29. The van der Waals surface area contributed by atoms with E-state index in [9.17, 15) is 5.11 Å². The van der Waals surface area contributed by atoms with E-state index >= 15 is 0 Å². The molecule has 3 aromatic rings. The van der Waals surface area contributed by atoms with Crippen LogP contribution in [0.1, 0.15) is 63.8 Å². The molecule has 26 heavy (non-hydrogen) atoms. The summed E-state index contributed by atoms with van der Waals surface area (Å²) in [6.07, 6.45) is 1.78. The number of furan rings is 1. The third-order valence-electron chi connectivity index (χ3n) is 5.20. The van der Waals surface area contributed by atoms with Crippen molar-refractivity contribution in [2.75, 3.05) is 0 Å². The van der Waals surface area contributed by atoms with E-state index in [0.29, 0.717) is 5.75 Å². The standard InChI is InChI=1S/C24H30O2/c1-14-9-17(24(6,7)8)12-20-21(14)19(13-26-20)18-11-16(23(3,4)5)10-15(2)22(18)25/h9-13,25H,1-8H3. The van der Waals surface area contributed by atoms with Gasteiger partial charge in [0, 0.05) is 16.5 Å². The SMILES string of the molecule is Cc1cc(C(C)(C)C)cc(-c2coc3cc(C(C)(C)C)cc(C)c23)c1O. The Morgan fingerprint density at radius 3 is 1.85 bits per heavy atom. The Bertz CT molecular complexity index is 976. The number of rotatable bonds is 1. The zero-order chi connectivity index (χ0) is 19.4. The van der Waals surface area contributed by atoms with Crippen molar-refractivity contribution in [3.8, 4) is 16.9 Å². The van der Waals surface area contributed by atoms with Gasteiger partial charge in [-0.25, -0.2) is 0 Å². The Kier molecular flexibility index (Phi) is 4.22. The van der Waals surface area contributed by atoms with Crippen LogP contribution in [-0.2, 0) is 10.8 Å². The third kappa shape index (κ3) is 3.13. The van der Waals surface area contributed by atoms with Gasteiger partial charge in [0.25, 0.3) is 0 Å². The fourth-order valence-corrected chi connectivity index (χ4v) is 3.42. The average Bonchev–Trinajstić information content (AvgIpc) is 2.92. The highest BCUT2D eigenvalue weighted by atomic mass is 16.3. The summed E-state index contributed by atoms with van der Waals surface area (Å²) in [7, 11) is 0. The van der Waals surface area contributed by atoms with Gasteiger partial charge in [-0.15, -0.1) is 0 Å². The molecule has 0 aliphatic heterocycles. The summed E-state index contributed by atoms with van der Waals surface area (Å²) in [4.78, 5) is 0. The molecule has 0 aliphatic carbocycles. The number of hydrogen-bond acceptors (Lipinski definition) is 2. The maximum atomic E-state index is 10.8. The van der Waals surface area contributed by atoms with Gasteiger partial charge < -0.3 is 9.52 Å². The molecule has 0 fully saturated rings. The monoisotopic (exact) mass is 350 g/mol. The van der Waals surface area contributed by atoms with Crippen molar-refractivity contribution in [2.24, 2.45) is 0 Å². The smallest absolute Gasteiger partial charge is 0.135 e. The normalized spacial score (nSPS) is 12.8. The van der Waals surface area contributed by atoms with Crippen LogP contribution in [0, 0.1) is 13.8 Å². The average molecular weight is 351 g/mol. The van der Waals surface area contributed by atoms with Crippen molar-refractivity contribution in [2.45, 2.75) is 66.2 Å². The van der Waals surface area contributed by atoms with E-state index in [1.807, 2.05) is 6.92 Å². The Morgan fingerprint density at radius 2 is 1.27 bits per heavy atom. The number of phenolic OH excluding ortho intramolecular Hbond substituents is 1. The van der Waals surface area contributed by atoms with Crippen LogP contribution in [0.4, 0.5) is 0 Å². The number of phenols is 1. The van der Waals surface area contributed by atoms with Gasteiger partial charge in [0.05, 0.1) is 6.26 Å². The molecule has 0 saturated carbocycles. The zero-order valence-electron chi connectivity index (χ0n) is 17.2. The van der Waals surface area contributed by atoms with Gasteiger partial charge in [-0.3, -0.25) is 0 Å². The van der Waals surface area contributed by atoms with Gasteiger partial charge >= 0.3 is 0 Å². The van der Waals surface area contributed by atoms with E-state index < -0.39 is 0 Å². The molecule has 2 heteroatoms. The first-order valence-electron chi connectivity index (χ1n) is 9.26. The molecule has 0 amide bonds. The summed E-state index contributed by atoms with van der Waals surface area (Å²) >= 11 is 0. The largest absolute Gasteiger partial charge is 0.507 e. The summed E-state index contributed by atoms with van der Waals surface area (Å²) in [5.74, 6) is 0.333. The van der Waals surface area contributed by atoms with Crippen LogP contribution in [0.15, 0.2) is 34.9 Å². The molecule has 1 aromatic heterocycles. The number of hydrogen-bond donors (Lipinski definition) is 1. The quantitative estimate of drug-likeness (QED) is 0.511. The molecule has 3 rings (SSSR count). The molecule has 0 bridgehead atoms. The lowest BCUT2D eigenvalue weighted by molar-refractivity contribution is 0.471. The molecule has 2 nitrogen and oxygen atoms in total. The van der Waals surface area contributed by atoms with E-state index in [1.54, 1.807) is 6.26 Å². The molecule has 138 valence electrons. The lowest BCUT2D eigenvalue weighted by atomic mass is 9.83. The minimum absolute atomic E-state index is 0.0151. The molecule has 0 saturated heterocycles. The van der Waals surface area contributed by atoms with Gasteiger partial charge in [0.15, 0.2) is 0 Å². The number of aryl methyl sites for hydroxylation is 2. The van der Waals surface area contributed by atoms with Gasteiger partial charge in [-0.2, -0.15) is 0 Å². The summed E-state index contributed by atoms with van der Waals surface area (Å²) < 4.78 is 5.93. The van der Waals surface area contributed by atoms with Crippen molar-refractivity contribution < 1.29 is 9.52 Å². The van der Waals surface area contributed by atoms with E-state index in [2.05, 4.69) is 72.7 Å². The summed E-state index contributed by atoms with van der Waals surface area (Å²) in [5, 5.41) is 11.8. The van der Waals surface area contributed by atoms with Crippen molar-refractivity contribution in [1.82, 2.24) is 0 Å². The first kappa shape index (κ1) is 18.6. The second kappa shape index (κ2) is 5.90. The second-order valence-electron chi connectivity index (χ2n) is 9.50. The minimum Gasteiger partial charge on any atom is -0.507 e. The molecular weight excluding hydrogens is 320 g/mol. The third-order valence-corrected chi connectivity index (χ3v) is 5.20. The van der Waals surface area contributed by atoms with Crippen LogP contribution in [0.25, 0.3) is 22.1 Å². The van der Waals surface area contributed by atoms with Crippen molar-refractivity contribution in [1.29, 1.82) is 0 Å². The molecule has 1 heterocycles. The van der Waals surface area contributed by atoms with E-state index in [0.717, 1.165) is 27.7 Å². The van der Waals surface area contributed by atoms with Crippen LogP contribution in [0.5, 0.6) is 5.75 Å². The predicted octanol–water partition coefficient (Wildman–Crippen LogP) is 7.02. The lowest BCUT2D eigenvalue weighted by Gasteiger charge is -2.22. The molecule has 1 N–H and O–H groups in total. The van der Waals surface area contributed by atoms with Gasteiger partial charge in [0.2, 0.25) is 0 Å². The fourth-order valence-electron chi connectivity index (χ4n) is 3.42. The van der Waals surface area contributed by atoms with Gasteiger partial charge in [-0.1, -0.05) is 53.7 Å². The Hall–Kier alpha value is -2.22. The van der Waals surface area contributed by atoms with Gasteiger partial charge in [-0.05, 0) is 59.1 Å². The number of benzene rings is 2. The highest BCUT2D eigenvalue weighted by Gasteiger charge is 2.22. The highest BCUT2D eigenvalue weighted by Crippen LogP contribution is 2.42. The maximum absolute atomic E-state index is 10.8. The second-order valence-corrected chi connectivity index (χ2v) is 9.50. The molecular formula is C24H30O2. The van der Waals surface area contributed by atoms with E-state index in [-0.39, 0.29) is 10.8 Å². The summed E-state index contributed by atoms with van der Waals surface area (Å²) in [6, 6.07) is 8.54. The zero-order valence-corrected chi connectivity index (χ0v) is 17.2. The molecule has 0 spiro atoms. The van der Waals surface area contributed by atoms with Gasteiger partial charge in [0.1, 0.15) is 11.3 Å². The molecule has 2 aromatic carbocycles. The Morgan fingerprint density at radius 1 is 0.731 bits per heavy atom. The van der Waals surface area contributed by atoms with Crippen molar-refractivity contribution in [3.63, 3.8) is 0 Å². The Labute approximate surface area is 156 Å². The molecule has 0 atom stereocenters. The van der Waals surface area contributed by atoms with Crippen LogP contribution < -0.4 is 0 Å². The fraction of sp³-hybridized carbons (Fsp3) is 0.417. The van der Waals surface area contributed by atoms with E-state index in [4.69, 9.17) is 4.42 Å². The predicted molar refractivity (Wildman–Crippen MR) is 110 cm³/mol. The molecule has 0 aliphatic rings. The van der Waals surface area contributed by atoms with E-state index in [1.165, 1.54) is 16.7 Å². The lowest BCUT2D eigenvalue weighted by Crippen LogP contribution is -2.11. The first-order valence-corrected chi connectivity index (χ1v) is 9.26. The molecule has 0 unspecified atom stereocenters. The van der Waals surface area contributed by atoms with Crippen LogP contribution in [0.2, 0.25) is 0 Å². The van der Waals surface area contributed by atoms with Crippen molar-refractivity contribution >= 4 is 11.0 Å². The summed E-state index contributed by atoms with van der Waals surface area (Å²) in [6.45, 7) is 17.3. The number of aromatic hydroxyl groups is 1. The van der Waals surface area contributed by atoms with Crippen LogP contribution in [-0.4, -0.2) is 5.11 Å². The van der Waals surface area contributed by atoms with Crippen molar-refractivity contribution in [3.05, 3.63) is 52.8 Å². The first-order chi connectivity index (χ1) is 11.9. The molecule has 0 radical (unpaired) electrons. The van der Waals surface area contributed by atoms with Crippen LogP contribution in [0.3, 0.4) is 0 Å². The minimum atomic E-state index is 0.0151.